The molecule has 7 nitrogen and oxygen atoms in total. The molecule has 0 spiro atoms. The molecule has 21 heavy (non-hydrogen) atoms. The van der Waals surface area contributed by atoms with Crippen LogP contribution in [0.25, 0.3) is 0 Å². The van der Waals surface area contributed by atoms with E-state index >= 15 is 0 Å². The fourth-order valence-corrected chi connectivity index (χ4v) is 2.28. The van der Waals surface area contributed by atoms with Crippen molar-refractivity contribution in [1.82, 2.24) is 15.0 Å². The fourth-order valence-electron chi connectivity index (χ4n) is 2.28. The van der Waals surface area contributed by atoms with Crippen LogP contribution in [0.3, 0.4) is 0 Å². The van der Waals surface area contributed by atoms with E-state index in [1.165, 1.54) is 0 Å². The molecule has 7 heteroatoms. The summed E-state index contributed by atoms with van der Waals surface area (Å²) < 4.78 is 10.9. The third-order valence-electron chi connectivity index (χ3n) is 3.17. The summed E-state index contributed by atoms with van der Waals surface area (Å²) in [6.07, 6.45) is 0.826. The molecule has 1 aromatic carbocycles. The summed E-state index contributed by atoms with van der Waals surface area (Å²) in [7, 11) is 0. The number of hydrogen-bond donors (Lipinski definition) is 2. The molecule has 0 fully saturated rings. The molecule has 0 saturated carbocycles. The predicted octanol–water partition coefficient (Wildman–Crippen LogP) is 1.79. The molecular formula is C14H17N5O2. The predicted molar refractivity (Wildman–Crippen MR) is 78.3 cm³/mol. The maximum absolute atomic E-state index is 5.68. The minimum atomic E-state index is 0.0752. The smallest absolute Gasteiger partial charge is 0.323 e. The molecule has 3 rings (SSSR count). The van der Waals surface area contributed by atoms with E-state index in [0.29, 0.717) is 19.2 Å². The molecule has 0 saturated heterocycles. The lowest BCUT2D eigenvalue weighted by molar-refractivity contribution is 0.273. The number of hydrogen-bond acceptors (Lipinski definition) is 7. The summed E-state index contributed by atoms with van der Waals surface area (Å²) >= 11 is 0. The molecule has 0 aliphatic carbocycles. The molecule has 0 bridgehead atoms. The van der Waals surface area contributed by atoms with Crippen molar-refractivity contribution in [3.05, 3.63) is 29.8 Å². The van der Waals surface area contributed by atoms with Crippen LogP contribution in [0.15, 0.2) is 24.3 Å². The van der Waals surface area contributed by atoms with E-state index in [4.69, 9.17) is 15.2 Å². The first-order valence-corrected chi connectivity index (χ1v) is 6.89. The molecule has 1 aromatic heterocycles. The topological polar surface area (TPSA) is 95.2 Å². The van der Waals surface area contributed by atoms with Gasteiger partial charge in [0.15, 0.2) is 0 Å². The highest BCUT2D eigenvalue weighted by molar-refractivity contribution is 5.43. The van der Waals surface area contributed by atoms with Crippen LogP contribution >= 0.6 is 0 Å². The molecule has 1 aliphatic rings. The second-order valence-electron chi connectivity index (χ2n) is 4.60. The van der Waals surface area contributed by atoms with Gasteiger partial charge in [0.1, 0.15) is 5.75 Å². The maximum atomic E-state index is 5.68. The largest absolute Gasteiger partial charge is 0.493 e. The number of nitrogens with one attached hydrogen (secondary N) is 1. The zero-order chi connectivity index (χ0) is 14.7. The van der Waals surface area contributed by atoms with Gasteiger partial charge in [-0.3, -0.25) is 0 Å². The SMILES string of the molecule is CCOc1nc(N)nc(NC2CCOc3ccccc32)n1. The second-order valence-corrected chi connectivity index (χ2v) is 4.60. The molecular weight excluding hydrogens is 270 g/mol. The zero-order valence-electron chi connectivity index (χ0n) is 11.7. The molecule has 3 N–H and O–H groups in total. The van der Waals surface area contributed by atoms with Crippen molar-refractivity contribution in [3.8, 4) is 11.8 Å². The summed E-state index contributed by atoms with van der Waals surface area (Å²) in [5.41, 5.74) is 6.77. The number of rotatable bonds is 4. The monoisotopic (exact) mass is 287 g/mol. The van der Waals surface area contributed by atoms with Gasteiger partial charge in [-0.2, -0.15) is 15.0 Å². The highest BCUT2D eigenvalue weighted by atomic mass is 16.5. The number of nitrogens with two attached hydrogens (primary N) is 1. The second kappa shape index (κ2) is 5.82. The summed E-state index contributed by atoms with van der Waals surface area (Å²) in [6, 6.07) is 8.22. The van der Waals surface area contributed by atoms with E-state index in [-0.39, 0.29) is 18.0 Å². The number of nitrogens with zero attached hydrogens (tertiary/aromatic N) is 3. The van der Waals surface area contributed by atoms with Crippen molar-refractivity contribution in [2.45, 2.75) is 19.4 Å². The fraction of sp³-hybridized carbons (Fsp3) is 0.357. The highest BCUT2D eigenvalue weighted by Crippen LogP contribution is 2.33. The Balaban J connectivity index is 1.84. The first-order chi connectivity index (χ1) is 10.3. The molecule has 2 aromatic rings. The van der Waals surface area contributed by atoms with Crippen LogP contribution in [0.2, 0.25) is 0 Å². The number of nitrogen functional groups attached to an aromatic ring is 1. The summed E-state index contributed by atoms with van der Waals surface area (Å²) in [5.74, 6) is 1.43. The summed E-state index contributed by atoms with van der Waals surface area (Å²) in [5, 5.41) is 3.27. The minimum Gasteiger partial charge on any atom is -0.493 e. The zero-order valence-corrected chi connectivity index (χ0v) is 11.7. The van der Waals surface area contributed by atoms with Gasteiger partial charge in [0, 0.05) is 12.0 Å². The van der Waals surface area contributed by atoms with Crippen molar-refractivity contribution in [1.29, 1.82) is 0 Å². The minimum absolute atomic E-state index is 0.0752. The highest BCUT2D eigenvalue weighted by Gasteiger charge is 2.22. The molecule has 1 unspecified atom stereocenters. The van der Waals surface area contributed by atoms with Crippen LogP contribution in [-0.2, 0) is 0 Å². The number of para-hydroxylation sites is 1. The lowest BCUT2D eigenvalue weighted by Gasteiger charge is -2.26. The van der Waals surface area contributed by atoms with Gasteiger partial charge >= 0.3 is 6.01 Å². The average molecular weight is 287 g/mol. The van der Waals surface area contributed by atoms with Crippen LogP contribution in [-0.4, -0.2) is 28.2 Å². The lowest BCUT2D eigenvalue weighted by atomic mass is 10.0. The van der Waals surface area contributed by atoms with Crippen molar-refractivity contribution in [2.24, 2.45) is 0 Å². The van der Waals surface area contributed by atoms with E-state index in [1.54, 1.807) is 0 Å². The van der Waals surface area contributed by atoms with Crippen LogP contribution in [0.5, 0.6) is 11.8 Å². The average Bonchev–Trinajstić information content (AvgIpc) is 2.47. The summed E-state index contributed by atoms with van der Waals surface area (Å²) in [4.78, 5) is 12.3. The Morgan fingerprint density at radius 1 is 1.33 bits per heavy atom. The molecule has 1 aliphatic heterocycles. The van der Waals surface area contributed by atoms with E-state index in [1.807, 2.05) is 31.2 Å². The van der Waals surface area contributed by atoms with E-state index in [0.717, 1.165) is 17.7 Å². The number of ether oxygens (including phenoxy) is 2. The van der Waals surface area contributed by atoms with E-state index in [2.05, 4.69) is 20.3 Å². The van der Waals surface area contributed by atoms with Crippen molar-refractivity contribution >= 4 is 11.9 Å². The van der Waals surface area contributed by atoms with Crippen LogP contribution in [0, 0.1) is 0 Å². The molecule has 0 radical (unpaired) electrons. The Labute approximate surface area is 122 Å². The Morgan fingerprint density at radius 3 is 3.05 bits per heavy atom. The van der Waals surface area contributed by atoms with Crippen LogP contribution in [0.1, 0.15) is 24.9 Å². The number of fused-ring (bicyclic) bond motifs is 1. The van der Waals surface area contributed by atoms with Gasteiger partial charge in [-0.15, -0.1) is 0 Å². The molecule has 0 amide bonds. The van der Waals surface area contributed by atoms with Gasteiger partial charge in [0.25, 0.3) is 0 Å². The standard InChI is InChI=1S/C14H17N5O2/c1-2-20-14-18-12(15)17-13(19-14)16-10-7-8-21-11-6-4-3-5-9(10)11/h3-6,10H,2,7-8H2,1H3,(H3,15,16,17,18,19). The van der Waals surface area contributed by atoms with Gasteiger partial charge < -0.3 is 20.5 Å². The molecule has 1 atom stereocenters. The van der Waals surface area contributed by atoms with Crippen molar-refractivity contribution in [3.63, 3.8) is 0 Å². The van der Waals surface area contributed by atoms with Gasteiger partial charge in [-0.25, -0.2) is 0 Å². The van der Waals surface area contributed by atoms with Crippen LogP contribution in [0.4, 0.5) is 11.9 Å². The van der Waals surface area contributed by atoms with Gasteiger partial charge in [-0.1, -0.05) is 18.2 Å². The van der Waals surface area contributed by atoms with Gasteiger partial charge in [0.2, 0.25) is 11.9 Å². The maximum Gasteiger partial charge on any atom is 0.323 e. The number of aromatic nitrogens is 3. The normalized spacial score (nSPS) is 16.7. The Morgan fingerprint density at radius 2 is 2.19 bits per heavy atom. The molecule has 2 heterocycles. The number of anilines is 2. The number of benzene rings is 1. The molecule has 110 valence electrons. The summed E-state index contributed by atoms with van der Waals surface area (Å²) in [6.45, 7) is 2.98. The Hall–Kier alpha value is -2.57. The Bertz CT molecular complexity index is 635. The van der Waals surface area contributed by atoms with Gasteiger partial charge in [0.05, 0.1) is 19.3 Å². The van der Waals surface area contributed by atoms with E-state index < -0.39 is 0 Å². The lowest BCUT2D eigenvalue weighted by Crippen LogP contribution is -2.21. The Kier molecular flexibility index (Phi) is 3.72. The third-order valence-corrected chi connectivity index (χ3v) is 3.17. The van der Waals surface area contributed by atoms with E-state index in [9.17, 15) is 0 Å². The first-order valence-electron chi connectivity index (χ1n) is 6.89. The first kappa shape index (κ1) is 13.4. The van der Waals surface area contributed by atoms with Crippen molar-refractivity contribution in [2.75, 3.05) is 24.3 Å². The quantitative estimate of drug-likeness (QED) is 0.885. The third kappa shape index (κ3) is 2.96. The van der Waals surface area contributed by atoms with Crippen molar-refractivity contribution < 1.29 is 9.47 Å². The van der Waals surface area contributed by atoms with Gasteiger partial charge in [-0.05, 0) is 13.0 Å². The van der Waals surface area contributed by atoms with Crippen LogP contribution < -0.4 is 20.5 Å².